The first-order chi connectivity index (χ1) is 9.89. The van der Waals surface area contributed by atoms with Gasteiger partial charge in [0.2, 0.25) is 5.91 Å². The van der Waals surface area contributed by atoms with Gasteiger partial charge >= 0.3 is 29.6 Å². The van der Waals surface area contributed by atoms with Gasteiger partial charge in [-0.15, -0.1) is 0 Å². The first kappa shape index (κ1) is 23.2. The van der Waals surface area contributed by atoms with Crippen molar-refractivity contribution < 1.29 is 60.8 Å². The molecule has 23 heavy (non-hydrogen) atoms. The Hall–Kier alpha value is 0.250. The summed E-state index contributed by atoms with van der Waals surface area (Å²) in [6.07, 6.45) is -0.00222. The second kappa shape index (κ2) is 8.56. The van der Waals surface area contributed by atoms with Crippen molar-refractivity contribution in [2.45, 2.75) is 24.1 Å². The maximum Gasteiger partial charge on any atom is 1.00 e. The fourth-order valence-electron chi connectivity index (χ4n) is 2.50. The topological polar surface area (TPSA) is 144 Å². The van der Waals surface area contributed by atoms with Crippen molar-refractivity contribution in [2.24, 2.45) is 0 Å². The zero-order valence-corrected chi connectivity index (χ0v) is 17.1. The number of aliphatic hydroxyl groups excluding tert-OH is 1. The maximum absolute atomic E-state index is 11.9. The van der Waals surface area contributed by atoms with E-state index < -0.39 is 48.2 Å². The van der Waals surface area contributed by atoms with Crippen LogP contribution in [0.4, 0.5) is 0 Å². The van der Waals surface area contributed by atoms with E-state index in [-0.39, 0.29) is 42.6 Å². The first-order valence-corrected chi connectivity index (χ1v) is 9.94. The molecule has 1 aliphatic heterocycles. The molecule has 0 saturated carbocycles. The summed E-state index contributed by atoms with van der Waals surface area (Å²) in [7, 11) is -6.87. The van der Waals surface area contributed by atoms with Gasteiger partial charge < -0.3 is 19.9 Å². The van der Waals surface area contributed by atoms with Crippen molar-refractivity contribution in [2.75, 3.05) is 38.2 Å². The van der Waals surface area contributed by atoms with E-state index in [1.54, 1.807) is 11.9 Å². The normalized spacial score (nSPS) is 26.7. The SMILES string of the molecule is CN(CCO)CCC(=O)NC1(C)CS(=O)(=O)CC1S(=O)(=O)[O-].[Na+]. The maximum atomic E-state index is 11.9. The minimum atomic E-state index is -4.85. The van der Waals surface area contributed by atoms with Gasteiger partial charge in [-0.2, -0.15) is 0 Å². The van der Waals surface area contributed by atoms with E-state index >= 15 is 0 Å². The Morgan fingerprint density at radius 2 is 2.00 bits per heavy atom. The van der Waals surface area contributed by atoms with Crippen molar-refractivity contribution in [3.8, 4) is 0 Å². The largest absolute Gasteiger partial charge is 1.00 e. The Kier molecular flexibility index (Phi) is 8.66. The number of aliphatic hydroxyl groups is 1. The van der Waals surface area contributed by atoms with Crippen LogP contribution in [0.5, 0.6) is 0 Å². The van der Waals surface area contributed by atoms with Gasteiger partial charge in [-0.05, 0) is 14.0 Å². The molecule has 0 aromatic rings. The molecule has 2 unspecified atom stereocenters. The molecule has 1 aliphatic rings. The minimum absolute atomic E-state index is 0. The zero-order chi connectivity index (χ0) is 17.2. The van der Waals surface area contributed by atoms with Crippen LogP contribution in [0, 0.1) is 0 Å². The fraction of sp³-hybridized carbons (Fsp3) is 0.909. The number of amides is 1. The number of hydrogen-bond donors (Lipinski definition) is 2. The van der Waals surface area contributed by atoms with Crippen LogP contribution >= 0.6 is 0 Å². The van der Waals surface area contributed by atoms with Gasteiger partial charge in [0.15, 0.2) is 9.84 Å². The van der Waals surface area contributed by atoms with Crippen LogP contribution < -0.4 is 34.9 Å². The fourth-order valence-corrected chi connectivity index (χ4v) is 6.81. The van der Waals surface area contributed by atoms with E-state index in [1.807, 2.05) is 0 Å². The smallest absolute Gasteiger partial charge is 0.748 e. The molecule has 0 spiro atoms. The molecule has 0 aliphatic carbocycles. The molecule has 2 atom stereocenters. The number of sulfone groups is 1. The minimum Gasteiger partial charge on any atom is -0.748 e. The summed E-state index contributed by atoms with van der Waals surface area (Å²) in [4.78, 5) is 13.6. The molecule has 9 nitrogen and oxygen atoms in total. The Labute approximate surface area is 158 Å². The van der Waals surface area contributed by atoms with Gasteiger partial charge in [0.25, 0.3) is 0 Å². The molecule has 130 valence electrons. The molecule has 0 bridgehead atoms. The third-order valence-electron chi connectivity index (χ3n) is 3.61. The van der Waals surface area contributed by atoms with Crippen LogP contribution in [0.1, 0.15) is 13.3 Å². The standard InChI is InChI=1S/C11H22N2O7S2.Na/c1-11(12-10(15)3-4-13(2)5-6-14)8-21(16,17)7-9(11)22(18,19)20;/h9,14H,3-8H2,1-2H3,(H,12,15)(H,18,19,20);/q;+1/p-1. The van der Waals surface area contributed by atoms with E-state index in [2.05, 4.69) is 5.32 Å². The van der Waals surface area contributed by atoms with Crippen molar-refractivity contribution in [3.63, 3.8) is 0 Å². The summed E-state index contributed by atoms with van der Waals surface area (Å²) in [5, 5.41) is 9.43. The molecule has 1 amide bonds. The van der Waals surface area contributed by atoms with Crippen LogP contribution in [0.2, 0.25) is 0 Å². The zero-order valence-electron chi connectivity index (χ0n) is 13.5. The molecular weight excluding hydrogens is 359 g/mol. The van der Waals surface area contributed by atoms with E-state index in [0.29, 0.717) is 13.1 Å². The van der Waals surface area contributed by atoms with Crippen LogP contribution in [0.15, 0.2) is 0 Å². The Bertz CT molecular complexity index is 622. The van der Waals surface area contributed by atoms with Gasteiger partial charge in [-0.1, -0.05) is 0 Å². The Morgan fingerprint density at radius 1 is 1.43 bits per heavy atom. The second-order valence-electron chi connectivity index (χ2n) is 5.78. The van der Waals surface area contributed by atoms with Crippen molar-refractivity contribution in [1.29, 1.82) is 0 Å². The molecule has 1 heterocycles. The van der Waals surface area contributed by atoms with E-state index in [0.717, 1.165) is 0 Å². The average molecular weight is 380 g/mol. The Morgan fingerprint density at radius 3 is 2.48 bits per heavy atom. The molecule has 12 heteroatoms. The predicted molar refractivity (Wildman–Crippen MR) is 77.9 cm³/mol. The van der Waals surface area contributed by atoms with Gasteiger partial charge in [0, 0.05) is 19.5 Å². The number of nitrogens with zero attached hydrogens (tertiary/aromatic N) is 1. The van der Waals surface area contributed by atoms with Gasteiger partial charge in [-0.25, -0.2) is 16.8 Å². The third kappa shape index (κ3) is 6.94. The summed E-state index contributed by atoms with van der Waals surface area (Å²) < 4.78 is 57.1. The van der Waals surface area contributed by atoms with E-state index in [4.69, 9.17) is 5.11 Å². The Balaban J connectivity index is 0.00000484. The quantitative estimate of drug-likeness (QED) is 0.329. The number of nitrogens with one attached hydrogen (secondary N) is 1. The molecule has 2 N–H and O–H groups in total. The van der Waals surface area contributed by atoms with Gasteiger partial charge in [-0.3, -0.25) is 4.79 Å². The van der Waals surface area contributed by atoms with Crippen molar-refractivity contribution >= 4 is 25.9 Å². The average Bonchev–Trinajstić information content (AvgIpc) is 2.56. The summed E-state index contributed by atoms with van der Waals surface area (Å²) in [5.74, 6) is -1.90. The summed E-state index contributed by atoms with van der Waals surface area (Å²) >= 11 is 0. The van der Waals surface area contributed by atoms with Gasteiger partial charge in [0.1, 0.15) is 10.1 Å². The van der Waals surface area contributed by atoms with Crippen LogP contribution in [-0.2, 0) is 24.7 Å². The van der Waals surface area contributed by atoms with Crippen molar-refractivity contribution in [1.82, 2.24) is 10.2 Å². The first-order valence-electron chi connectivity index (χ1n) is 6.65. The van der Waals surface area contributed by atoms with Crippen LogP contribution in [0.25, 0.3) is 0 Å². The summed E-state index contributed by atoms with van der Waals surface area (Å²) in [6.45, 7) is 1.87. The molecular formula is C11H21N2NaO7S2. The predicted octanol–water partition coefficient (Wildman–Crippen LogP) is -5.48. The second-order valence-corrected chi connectivity index (χ2v) is 9.44. The van der Waals surface area contributed by atoms with E-state index in [1.165, 1.54) is 6.92 Å². The monoisotopic (exact) mass is 380 g/mol. The summed E-state index contributed by atoms with van der Waals surface area (Å²) in [6, 6.07) is 0. The number of hydrogen-bond acceptors (Lipinski definition) is 8. The van der Waals surface area contributed by atoms with Crippen LogP contribution in [-0.4, -0.2) is 86.3 Å². The molecule has 0 radical (unpaired) electrons. The van der Waals surface area contributed by atoms with Crippen LogP contribution in [0.3, 0.4) is 0 Å². The molecule has 1 rings (SSSR count). The number of carbonyl (C=O) groups excluding carboxylic acids is 1. The molecule has 1 saturated heterocycles. The number of carbonyl (C=O) groups is 1. The van der Waals surface area contributed by atoms with E-state index in [9.17, 15) is 26.2 Å². The summed E-state index contributed by atoms with van der Waals surface area (Å²) in [5.41, 5.74) is -1.62. The molecule has 1 fully saturated rings. The third-order valence-corrected chi connectivity index (χ3v) is 7.09. The number of rotatable bonds is 7. The van der Waals surface area contributed by atoms with Gasteiger partial charge in [0.05, 0.1) is 28.9 Å². The molecule has 0 aromatic heterocycles. The van der Waals surface area contributed by atoms with Crippen molar-refractivity contribution in [3.05, 3.63) is 0 Å². The number of likely N-dealkylation sites (N-methyl/N-ethyl adjacent to an activating group) is 1. The molecule has 0 aromatic carbocycles.